The summed E-state index contributed by atoms with van der Waals surface area (Å²) >= 11 is 0. The summed E-state index contributed by atoms with van der Waals surface area (Å²) in [5.41, 5.74) is 1.31. The molecule has 1 aliphatic heterocycles. The Hall–Kier alpha value is -2.07. The SMILES string of the molecule is O=C(O)N1CCN(Cc2cccc3ccccc23)CC1. The highest BCUT2D eigenvalue weighted by molar-refractivity contribution is 5.85. The molecule has 1 aliphatic rings. The molecule has 2 aromatic carbocycles. The molecule has 20 heavy (non-hydrogen) atoms. The molecule has 1 saturated heterocycles. The van der Waals surface area contributed by atoms with Gasteiger partial charge in [-0.15, -0.1) is 0 Å². The summed E-state index contributed by atoms with van der Waals surface area (Å²) in [7, 11) is 0. The minimum atomic E-state index is -0.810. The fraction of sp³-hybridized carbons (Fsp3) is 0.312. The van der Waals surface area contributed by atoms with Gasteiger partial charge in [0.05, 0.1) is 0 Å². The predicted molar refractivity (Wildman–Crippen MR) is 78.8 cm³/mol. The van der Waals surface area contributed by atoms with Crippen LogP contribution in [0.25, 0.3) is 10.8 Å². The van der Waals surface area contributed by atoms with E-state index in [1.54, 1.807) is 0 Å². The highest BCUT2D eigenvalue weighted by atomic mass is 16.4. The van der Waals surface area contributed by atoms with E-state index < -0.39 is 6.09 Å². The molecule has 0 atom stereocenters. The molecule has 3 rings (SSSR count). The molecule has 0 aliphatic carbocycles. The molecule has 4 nitrogen and oxygen atoms in total. The second kappa shape index (κ2) is 5.51. The summed E-state index contributed by atoms with van der Waals surface area (Å²) in [5.74, 6) is 0. The summed E-state index contributed by atoms with van der Waals surface area (Å²) in [6.45, 7) is 3.68. The van der Waals surface area contributed by atoms with Crippen LogP contribution in [0, 0.1) is 0 Å². The number of rotatable bonds is 2. The van der Waals surface area contributed by atoms with Crippen molar-refractivity contribution in [1.82, 2.24) is 9.80 Å². The van der Waals surface area contributed by atoms with Crippen molar-refractivity contribution in [3.05, 3.63) is 48.0 Å². The first-order valence-electron chi connectivity index (χ1n) is 6.91. The third-order valence-electron chi connectivity index (χ3n) is 3.92. The molecule has 4 heteroatoms. The van der Waals surface area contributed by atoms with Crippen LogP contribution in [-0.4, -0.2) is 47.2 Å². The fourth-order valence-corrected chi connectivity index (χ4v) is 2.77. The quantitative estimate of drug-likeness (QED) is 0.912. The Bertz CT molecular complexity index is 613. The number of carboxylic acid groups (broad SMARTS) is 1. The van der Waals surface area contributed by atoms with Gasteiger partial charge in [-0.3, -0.25) is 4.90 Å². The average Bonchev–Trinajstić information content (AvgIpc) is 2.48. The lowest BCUT2D eigenvalue weighted by atomic mass is 10.0. The number of fused-ring (bicyclic) bond motifs is 1. The van der Waals surface area contributed by atoms with Crippen LogP contribution in [0.2, 0.25) is 0 Å². The maximum absolute atomic E-state index is 10.9. The number of piperazine rings is 1. The third-order valence-corrected chi connectivity index (χ3v) is 3.92. The lowest BCUT2D eigenvalue weighted by molar-refractivity contribution is 0.103. The molecule has 1 amide bonds. The Morgan fingerprint density at radius 3 is 2.45 bits per heavy atom. The van der Waals surface area contributed by atoms with Gasteiger partial charge in [0.25, 0.3) is 0 Å². The zero-order valence-corrected chi connectivity index (χ0v) is 11.3. The summed E-state index contributed by atoms with van der Waals surface area (Å²) in [5, 5.41) is 11.5. The van der Waals surface area contributed by atoms with Gasteiger partial charge >= 0.3 is 6.09 Å². The zero-order chi connectivity index (χ0) is 13.9. The molecule has 2 aromatic rings. The van der Waals surface area contributed by atoms with Crippen LogP contribution in [-0.2, 0) is 6.54 Å². The lowest BCUT2D eigenvalue weighted by Crippen LogP contribution is -2.47. The first-order valence-corrected chi connectivity index (χ1v) is 6.91. The van der Waals surface area contributed by atoms with Crippen LogP contribution < -0.4 is 0 Å². The Kier molecular flexibility index (Phi) is 3.56. The molecule has 0 radical (unpaired) electrons. The monoisotopic (exact) mass is 270 g/mol. The van der Waals surface area contributed by atoms with Crippen LogP contribution in [0.4, 0.5) is 4.79 Å². The molecular weight excluding hydrogens is 252 g/mol. The van der Waals surface area contributed by atoms with Crippen molar-refractivity contribution in [3.8, 4) is 0 Å². The minimum Gasteiger partial charge on any atom is -0.465 e. The fourth-order valence-electron chi connectivity index (χ4n) is 2.77. The molecule has 0 unspecified atom stereocenters. The Labute approximate surface area is 118 Å². The minimum absolute atomic E-state index is 0.597. The van der Waals surface area contributed by atoms with E-state index in [1.807, 2.05) is 0 Å². The van der Waals surface area contributed by atoms with Crippen LogP contribution >= 0.6 is 0 Å². The highest BCUT2D eigenvalue weighted by Crippen LogP contribution is 2.20. The molecule has 1 fully saturated rings. The second-order valence-corrected chi connectivity index (χ2v) is 5.18. The van der Waals surface area contributed by atoms with Gasteiger partial charge in [0, 0.05) is 32.7 Å². The van der Waals surface area contributed by atoms with Gasteiger partial charge in [-0.2, -0.15) is 0 Å². The number of amides is 1. The Balaban J connectivity index is 1.73. The maximum atomic E-state index is 10.9. The molecule has 104 valence electrons. The average molecular weight is 270 g/mol. The van der Waals surface area contributed by atoms with E-state index in [4.69, 9.17) is 5.11 Å². The summed E-state index contributed by atoms with van der Waals surface area (Å²) in [6, 6.07) is 14.8. The van der Waals surface area contributed by atoms with E-state index in [2.05, 4.69) is 47.4 Å². The van der Waals surface area contributed by atoms with E-state index in [1.165, 1.54) is 21.2 Å². The van der Waals surface area contributed by atoms with Crippen LogP contribution in [0.3, 0.4) is 0 Å². The molecule has 0 aromatic heterocycles. The number of nitrogens with zero attached hydrogens (tertiary/aromatic N) is 2. The van der Waals surface area contributed by atoms with Crippen molar-refractivity contribution in [2.24, 2.45) is 0 Å². The van der Waals surface area contributed by atoms with Gasteiger partial charge in [0.1, 0.15) is 0 Å². The lowest BCUT2D eigenvalue weighted by Gasteiger charge is -2.33. The molecule has 0 spiro atoms. The zero-order valence-electron chi connectivity index (χ0n) is 11.3. The second-order valence-electron chi connectivity index (χ2n) is 5.18. The van der Waals surface area contributed by atoms with Gasteiger partial charge < -0.3 is 10.0 Å². The molecular formula is C16H18N2O2. The van der Waals surface area contributed by atoms with E-state index in [0.29, 0.717) is 13.1 Å². The van der Waals surface area contributed by atoms with Crippen molar-refractivity contribution in [1.29, 1.82) is 0 Å². The number of carbonyl (C=O) groups is 1. The smallest absolute Gasteiger partial charge is 0.407 e. The number of hydrogen-bond acceptors (Lipinski definition) is 2. The topological polar surface area (TPSA) is 43.8 Å². The first-order chi connectivity index (χ1) is 9.74. The molecule has 1 N–H and O–H groups in total. The van der Waals surface area contributed by atoms with Gasteiger partial charge in [0.15, 0.2) is 0 Å². The summed E-state index contributed by atoms with van der Waals surface area (Å²) in [4.78, 5) is 14.7. The van der Waals surface area contributed by atoms with Crippen LogP contribution in [0.15, 0.2) is 42.5 Å². The largest absolute Gasteiger partial charge is 0.465 e. The standard InChI is InChI=1S/C16H18N2O2/c19-16(20)18-10-8-17(9-11-18)12-14-6-3-5-13-4-1-2-7-15(13)14/h1-7H,8-12H2,(H,19,20). The normalized spacial score (nSPS) is 16.5. The summed E-state index contributed by atoms with van der Waals surface area (Å²) < 4.78 is 0. The van der Waals surface area contributed by atoms with E-state index >= 15 is 0 Å². The van der Waals surface area contributed by atoms with Crippen molar-refractivity contribution in [3.63, 3.8) is 0 Å². The predicted octanol–water partition coefficient (Wildman–Crippen LogP) is 2.64. The summed E-state index contributed by atoms with van der Waals surface area (Å²) in [6.07, 6.45) is -0.810. The van der Waals surface area contributed by atoms with Gasteiger partial charge in [0.2, 0.25) is 0 Å². The van der Waals surface area contributed by atoms with E-state index in [0.717, 1.165) is 19.6 Å². The molecule has 1 heterocycles. The highest BCUT2D eigenvalue weighted by Gasteiger charge is 2.20. The third kappa shape index (κ3) is 2.60. The Morgan fingerprint density at radius 1 is 1.00 bits per heavy atom. The first kappa shape index (κ1) is 12.9. The molecule has 0 bridgehead atoms. The maximum Gasteiger partial charge on any atom is 0.407 e. The van der Waals surface area contributed by atoms with Crippen molar-refractivity contribution < 1.29 is 9.90 Å². The van der Waals surface area contributed by atoms with Gasteiger partial charge in [-0.25, -0.2) is 4.79 Å². The van der Waals surface area contributed by atoms with Crippen molar-refractivity contribution in [2.45, 2.75) is 6.54 Å². The van der Waals surface area contributed by atoms with Gasteiger partial charge in [-0.1, -0.05) is 42.5 Å². The van der Waals surface area contributed by atoms with Crippen molar-refractivity contribution in [2.75, 3.05) is 26.2 Å². The van der Waals surface area contributed by atoms with Crippen LogP contribution in [0.5, 0.6) is 0 Å². The van der Waals surface area contributed by atoms with Crippen LogP contribution in [0.1, 0.15) is 5.56 Å². The van der Waals surface area contributed by atoms with Crippen molar-refractivity contribution >= 4 is 16.9 Å². The van der Waals surface area contributed by atoms with E-state index in [-0.39, 0.29) is 0 Å². The molecule has 0 saturated carbocycles. The Morgan fingerprint density at radius 2 is 1.70 bits per heavy atom. The number of benzene rings is 2. The number of hydrogen-bond donors (Lipinski definition) is 1. The van der Waals surface area contributed by atoms with E-state index in [9.17, 15) is 4.79 Å². The van der Waals surface area contributed by atoms with Gasteiger partial charge in [-0.05, 0) is 16.3 Å².